The molecule has 1 atom stereocenters. The number of unbranched alkanes of at least 4 members (excludes halogenated alkanes) is 6. The summed E-state index contributed by atoms with van der Waals surface area (Å²) in [6, 6.07) is 0. The quantitative estimate of drug-likeness (QED) is 0.229. The molecular formula is C17H33F3S2. The number of hydrogen-bond acceptors (Lipinski definition) is 2. The summed E-state index contributed by atoms with van der Waals surface area (Å²) in [7, 11) is 2.92. The Bertz CT molecular complexity index is 233. The summed E-state index contributed by atoms with van der Waals surface area (Å²) in [6.07, 6.45) is 8.34. The molecule has 0 N–H and O–H groups in total. The first-order valence-electron chi connectivity index (χ1n) is 8.70. The van der Waals surface area contributed by atoms with E-state index in [2.05, 4.69) is 13.8 Å². The molecule has 0 aliphatic heterocycles. The van der Waals surface area contributed by atoms with Crippen LogP contribution in [0.5, 0.6) is 0 Å². The van der Waals surface area contributed by atoms with E-state index in [0.717, 1.165) is 38.5 Å². The molecule has 0 aliphatic rings. The minimum absolute atomic E-state index is 0.216. The molecular weight excluding hydrogens is 325 g/mol. The van der Waals surface area contributed by atoms with Crippen molar-refractivity contribution in [3.63, 3.8) is 0 Å². The van der Waals surface area contributed by atoms with Gasteiger partial charge < -0.3 is 0 Å². The van der Waals surface area contributed by atoms with Crippen LogP contribution in [0.25, 0.3) is 0 Å². The van der Waals surface area contributed by atoms with E-state index in [-0.39, 0.29) is 11.2 Å². The smallest absolute Gasteiger partial charge is 0.171 e. The maximum Gasteiger partial charge on any atom is 0.390 e. The Morgan fingerprint density at radius 1 is 0.818 bits per heavy atom. The molecule has 0 saturated heterocycles. The fraction of sp³-hybridized carbons (Fsp3) is 1.00. The Morgan fingerprint density at radius 2 is 1.32 bits per heavy atom. The molecule has 0 heterocycles. The zero-order valence-electron chi connectivity index (χ0n) is 14.4. The normalized spacial score (nSPS) is 13.8. The maximum atomic E-state index is 12.9. The predicted octanol–water partition coefficient (Wildman–Crippen LogP) is 7.88. The highest BCUT2D eigenvalue weighted by Gasteiger charge is 2.35. The van der Waals surface area contributed by atoms with Gasteiger partial charge in [0.15, 0.2) is 0 Å². The van der Waals surface area contributed by atoms with Crippen molar-refractivity contribution in [1.29, 1.82) is 0 Å². The van der Waals surface area contributed by atoms with E-state index in [0.29, 0.717) is 0 Å². The first kappa shape index (κ1) is 22.5. The molecule has 5 heteroatoms. The van der Waals surface area contributed by atoms with E-state index in [4.69, 9.17) is 0 Å². The SMILES string of the molecule is CCCCCCC(CCCCCC)[C@@H](CC(F)(F)F)SSC. The molecule has 0 rings (SSSR count). The molecule has 0 unspecified atom stereocenters. The van der Waals surface area contributed by atoms with Crippen LogP contribution in [0.4, 0.5) is 13.2 Å². The highest BCUT2D eigenvalue weighted by molar-refractivity contribution is 8.76. The van der Waals surface area contributed by atoms with Crippen molar-refractivity contribution in [3.05, 3.63) is 0 Å². The topological polar surface area (TPSA) is 0 Å². The lowest BCUT2D eigenvalue weighted by Gasteiger charge is -2.27. The van der Waals surface area contributed by atoms with Gasteiger partial charge in [-0.25, -0.2) is 0 Å². The molecule has 0 fully saturated rings. The molecule has 0 aliphatic carbocycles. The van der Waals surface area contributed by atoms with Crippen molar-refractivity contribution in [2.75, 3.05) is 6.26 Å². The second-order valence-electron chi connectivity index (χ2n) is 6.08. The van der Waals surface area contributed by atoms with Gasteiger partial charge in [-0.1, -0.05) is 86.8 Å². The summed E-state index contributed by atoms with van der Waals surface area (Å²) >= 11 is 0. The monoisotopic (exact) mass is 358 g/mol. The molecule has 0 radical (unpaired) electrons. The molecule has 0 amide bonds. The van der Waals surface area contributed by atoms with Crippen molar-refractivity contribution in [1.82, 2.24) is 0 Å². The minimum Gasteiger partial charge on any atom is -0.171 e. The zero-order valence-corrected chi connectivity index (χ0v) is 16.0. The molecule has 0 bridgehead atoms. The van der Waals surface area contributed by atoms with Gasteiger partial charge in [-0.3, -0.25) is 0 Å². The number of hydrogen-bond donors (Lipinski definition) is 0. The van der Waals surface area contributed by atoms with Crippen LogP contribution in [-0.2, 0) is 0 Å². The molecule has 0 aromatic rings. The third kappa shape index (κ3) is 13.0. The largest absolute Gasteiger partial charge is 0.390 e. The first-order chi connectivity index (χ1) is 10.4. The van der Waals surface area contributed by atoms with Crippen LogP contribution in [0.15, 0.2) is 0 Å². The fourth-order valence-electron chi connectivity index (χ4n) is 2.81. The molecule has 0 aromatic heterocycles. The molecule has 0 nitrogen and oxygen atoms in total. The van der Waals surface area contributed by atoms with Gasteiger partial charge in [-0.05, 0) is 25.0 Å². The van der Waals surface area contributed by atoms with E-state index in [1.54, 1.807) is 0 Å². The van der Waals surface area contributed by atoms with Crippen molar-refractivity contribution >= 4 is 21.6 Å². The average molecular weight is 359 g/mol. The van der Waals surface area contributed by atoms with E-state index in [1.807, 2.05) is 6.26 Å². The number of halogens is 3. The van der Waals surface area contributed by atoms with Gasteiger partial charge in [-0.2, -0.15) is 13.2 Å². The van der Waals surface area contributed by atoms with Crippen LogP contribution in [0.3, 0.4) is 0 Å². The lowest BCUT2D eigenvalue weighted by molar-refractivity contribution is -0.136. The van der Waals surface area contributed by atoms with Crippen molar-refractivity contribution < 1.29 is 13.2 Å². The average Bonchev–Trinajstić information content (AvgIpc) is 2.44. The van der Waals surface area contributed by atoms with Gasteiger partial charge in [-0.15, -0.1) is 0 Å². The van der Waals surface area contributed by atoms with E-state index >= 15 is 0 Å². The van der Waals surface area contributed by atoms with E-state index < -0.39 is 12.6 Å². The van der Waals surface area contributed by atoms with Crippen LogP contribution >= 0.6 is 21.6 Å². The Kier molecular flexibility index (Phi) is 14.2. The number of alkyl halides is 3. The standard InChI is InChI=1S/C17H33F3S2/c1-4-6-8-10-12-15(13-11-9-7-5-2)16(22-21-3)14-17(18,19)20/h15-16H,4-14H2,1-3H3/t16-/m1/s1. The van der Waals surface area contributed by atoms with Gasteiger partial charge in [0.2, 0.25) is 0 Å². The summed E-state index contributed by atoms with van der Waals surface area (Å²) in [4.78, 5) is 0. The van der Waals surface area contributed by atoms with Gasteiger partial charge in [0, 0.05) is 5.25 Å². The van der Waals surface area contributed by atoms with Crippen LogP contribution in [-0.4, -0.2) is 17.7 Å². The van der Waals surface area contributed by atoms with Crippen molar-refractivity contribution in [3.8, 4) is 0 Å². The molecule has 0 saturated carbocycles. The van der Waals surface area contributed by atoms with Crippen LogP contribution in [0, 0.1) is 5.92 Å². The van der Waals surface area contributed by atoms with Gasteiger partial charge in [0.05, 0.1) is 6.42 Å². The molecule has 134 valence electrons. The van der Waals surface area contributed by atoms with Crippen molar-refractivity contribution in [2.45, 2.75) is 95.9 Å². The summed E-state index contributed by atoms with van der Waals surface area (Å²) in [6.45, 7) is 4.33. The van der Waals surface area contributed by atoms with Crippen LogP contribution in [0.2, 0.25) is 0 Å². The maximum absolute atomic E-state index is 12.9. The highest BCUT2D eigenvalue weighted by Crippen LogP contribution is 2.40. The second kappa shape index (κ2) is 13.9. The fourth-order valence-corrected chi connectivity index (χ4v) is 5.16. The Morgan fingerprint density at radius 3 is 1.68 bits per heavy atom. The summed E-state index contributed by atoms with van der Waals surface area (Å²) in [5, 5.41) is -0.279. The minimum atomic E-state index is -4.04. The lowest BCUT2D eigenvalue weighted by Crippen LogP contribution is -2.24. The van der Waals surface area contributed by atoms with E-state index in [9.17, 15) is 13.2 Å². The predicted molar refractivity (Wildman–Crippen MR) is 96.6 cm³/mol. The van der Waals surface area contributed by atoms with Gasteiger partial charge in [0.25, 0.3) is 0 Å². The summed E-state index contributed by atoms with van der Waals surface area (Å²) < 4.78 is 38.6. The van der Waals surface area contributed by atoms with Crippen LogP contribution < -0.4 is 0 Å². The summed E-state index contributed by atoms with van der Waals surface area (Å²) in [5.74, 6) is 0.216. The van der Waals surface area contributed by atoms with Crippen molar-refractivity contribution in [2.24, 2.45) is 5.92 Å². The first-order valence-corrected chi connectivity index (χ1v) is 11.3. The second-order valence-corrected chi connectivity index (χ2v) is 8.79. The Labute approximate surface area is 143 Å². The van der Waals surface area contributed by atoms with E-state index in [1.165, 1.54) is 47.3 Å². The Hall–Kier alpha value is 0.490. The highest BCUT2D eigenvalue weighted by atomic mass is 33.1. The third-order valence-electron chi connectivity index (χ3n) is 4.04. The van der Waals surface area contributed by atoms with Gasteiger partial charge in [0.1, 0.15) is 0 Å². The number of rotatable bonds is 14. The van der Waals surface area contributed by atoms with Gasteiger partial charge >= 0.3 is 6.18 Å². The third-order valence-corrected chi connectivity index (χ3v) is 6.35. The zero-order chi connectivity index (χ0) is 16.8. The summed E-state index contributed by atoms with van der Waals surface area (Å²) in [5.41, 5.74) is 0. The molecule has 0 spiro atoms. The molecule has 0 aromatic carbocycles. The van der Waals surface area contributed by atoms with Crippen LogP contribution in [0.1, 0.15) is 84.5 Å². The lowest BCUT2D eigenvalue weighted by atomic mass is 9.90. The Balaban J connectivity index is 4.50. The molecule has 22 heavy (non-hydrogen) atoms.